The second kappa shape index (κ2) is 8.00. The van der Waals surface area contributed by atoms with Crippen LogP contribution in [0.5, 0.6) is 0 Å². The fourth-order valence-electron chi connectivity index (χ4n) is 3.44. The van der Waals surface area contributed by atoms with Crippen LogP contribution >= 0.6 is 0 Å². The first-order valence-electron chi connectivity index (χ1n) is 9.46. The molecule has 2 aliphatic heterocycles. The highest BCUT2D eigenvalue weighted by molar-refractivity contribution is 5.84. The molecule has 30 heavy (non-hydrogen) atoms. The van der Waals surface area contributed by atoms with Gasteiger partial charge in [0.2, 0.25) is 0 Å². The number of nitrogens with zero attached hydrogens (tertiary/aromatic N) is 1. The van der Waals surface area contributed by atoms with Gasteiger partial charge in [-0.1, -0.05) is 30.3 Å². The van der Waals surface area contributed by atoms with Gasteiger partial charge in [-0.25, -0.2) is 4.79 Å². The Morgan fingerprint density at radius 3 is 2.37 bits per heavy atom. The van der Waals surface area contributed by atoms with Crippen molar-refractivity contribution in [1.29, 1.82) is 0 Å². The van der Waals surface area contributed by atoms with Crippen LogP contribution in [-0.4, -0.2) is 29.8 Å². The van der Waals surface area contributed by atoms with E-state index in [1.54, 1.807) is 0 Å². The van der Waals surface area contributed by atoms with Gasteiger partial charge in [0.25, 0.3) is 0 Å². The van der Waals surface area contributed by atoms with Crippen LogP contribution in [0.3, 0.4) is 0 Å². The number of carbonyl (C=O) groups is 1. The van der Waals surface area contributed by atoms with Crippen molar-refractivity contribution in [2.75, 3.05) is 18.4 Å². The summed E-state index contributed by atoms with van der Waals surface area (Å²) in [5.74, 6) is 0. The van der Waals surface area contributed by atoms with Crippen molar-refractivity contribution in [2.45, 2.75) is 24.6 Å². The van der Waals surface area contributed by atoms with Gasteiger partial charge in [-0.15, -0.1) is 5.06 Å². The molecule has 0 atom stereocenters. The highest BCUT2D eigenvalue weighted by Gasteiger charge is 2.39. The number of amides is 1. The molecular formula is C21H20F3N3O3. The maximum Gasteiger partial charge on any atom is 0.430 e. The lowest BCUT2D eigenvalue weighted by Gasteiger charge is -2.35. The van der Waals surface area contributed by atoms with E-state index in [1.165, 1.54) is 17.2 Å². The van der Waals surface area contributed by atoms with E-state index >= 15 is 0 Å². The molecule has 0 aromatic heterocycles. The van der Waals surface area contributed by atoms with Crippen molar-refractivity contribution in [3.05, 3.63) is 71.8 Å². The van der Waals surface area contributed by atoms with E-state index in [9.17, 15) is 18.0 Å². The van der Waals surface area contributed by atoms with Gasteiger partial charge in [0, 0.05) is 18.8 Å². The summed E-state index contributed by atoms with van der Waals surface area (Å²) >= 11 is 0. The molecule has 1 spiro atoms. The number of alkyl halides is 3. The van der Waals surface area contributed by atoms with Gasteiger partial charge in [-0.3, -0.25) is 15.6 Å². The minimum absolute atomic E-state index is 0.222. The van der Waals surface area contributed by atoms with E-state index in [0.29, 0.717) is 25.9 Å². The second-order valence-electron chi connectivity index (χ2n) is 7.20. The number of hydrogen-bond donors (Lipinski definition) is 2. The molecule has 0 aliphatic carbocycles. The van der Waals surface area contributed by atoms with Crippen LogP contribution < -0.4 is 10.8 Å². The molecule has 2 aromatic carbocycles. The minimum atomic E-state index is -4.42. The van der Waals surface area contributed by atoms with Gasteiger partial charge in [-0.2, -0.15) is 13.2 Å². The van der Waals surface area contributed by atoms with Gasteiger partial charge in [0.1, 0.15) is 5.60 Å². The van der Waals surface area contributed by atoms with E-state index in [1.807, 2.05) is 30.3 Å². The summed E-state index contributed by atoms with van der Waals surface area (Å²) in [6.45, 7) is 0.918. The third kappa shape index (κ3) is 4.58. The van der Waals surface area contributed by atoms with Gasteiger partial charge in [0.15, 0.2) is 0 Å². The van der Waals surface area contributed by atoms with E-state index in [-0.39, 0.29) is 5.69 Å². The van der Waals surface area contributed by atoms with Gasteiger partial charge < -0.3 is 4.84 Å². The van der Waals surface area contributed by atoms with E-state index < -0.39 is 23.4 Å². The van der Waals surface area contributed by atoms with E-state index in [2.05, 4.69) is 16.9 Å². The zero-order valence-corrected chi connectivity index (χ0v) is 15.9. The molecule has 1 saturated heterocycles. The molecule has 9 heteroatoms. The summed E-state index contributed by atoms with van der Waals surface area (Å²) in [5.41, 5.74) is 3.90. The highest BCUT2D eigenvalue weighted by Crippen LogP contribution is 2.35. The number of benzene rings is 2. The number of carbonyl (C=O) groups excluding carboxylic acids is 1. The molecule has 2 heterocycles. The third-order valence-corrected chi connectivity index (χ3v) is 5.10. The van der Waals surface area contributed by atoms with Gasteiger partial charge >= 0.3 is 12.3 Å². The SMILES string of the molecule is O=C(Nc1ccc(C(F)(F)F)cc1)ON1CCC2(C=C(c3ccccc3)NO2)CC1. The Balaban J connectivity index is 1.29. The Morgan fingerprint density at radius 1 is 1.07 bits per heavy atom. The number of anilines is 1. The number of nitrogens with one attached hydrogen (secondary N) is 2. The van der Waals surface area contributed by atoms with Crippen LogP contribution in [0.4, 0.5) is 23.7 Å². The summed E-state index contributed by atoms with van der Waals surface area (Å²) in [7, 11) is 0. The molecule has 158 valence electrons. The normalized spacial score (nSPS) is 18.6. The van der Waals surface area contributed by atoms with Crippen LogP contribution in [-0.2, 0) is 15.9 Å². The topological polar surface area (TPSA) is 62.8 Å². The van der Waals surface area contributed by atoms with Crippen molar-refractivity contribution in [1.82, 2.24) is 10.5 Å². The maximum absolute atomic E-state index is 12.6. The predicted octanol–water partition coefficient (Wildman–Crippen LogP) is 4.58. The zero-order valence-electron chi connectivity index (χ0n) is 15.9. The van der Waals surface area contributed by atoms with Gasteiger partial charge in [0.05, 0.1) is 11.3 Å². The second-order valence-corrected chi connectivity index (χ2v) is 7.20. The lowest BCUT2D eigenvalue weighted by Crippen LogP contribution is -2.45. The molecule has 0 saturated carbocycles. The largest absolute Gasteiger partial charge is 0.430 e. The van der Waals surface area contributed by atoms with Gasteiger partial charge in [-0.05, 0) is 48.7 Å². The zero-order chi connectivity index (χ0) is 21.2. The molecule has 1 amide bonds. The highest BCUT2D eigenvalue weighted by atomic mass is 19.4. The van der Waals surface area contributed by atoms with Crippen LogP contribution in [0.25, 0.3) is 5.70 Å². The summed E-state index contributed by atoms with van der Waals surface area (Å²) in [6, 6.07) is 14.0. The van der Waals surface area contributed by atoms with Crippen LogP contribution in [0.15, 0.2) is 60.7 Å². The molecule has 2 aliphatic rings. The molecule has 1 fully saturated rings. The number of hydroxylamine groups is 3. The maximum atomic E-state index is 12.6. The van der Waals surface area contributed by atoms with Crippen molar-refractivity contribution >= 4 is 17.5 Å². The Labute approximate surface area is 171 Å². The van der Waals surface area contributed by atoms with Crippen molar-refractivity contribution in [3.63, 3.8) is 0 Å². The number of hydrogen-bond acceptors (Lipinski definition) is 5. The number of piperidine rings is 1. The van der Waals surface area contributed by atoms with Crippen LogP contribution in [0.2, 0.25) is 0 Å². The Morgan fingerprint density at radius 2 is 1.73 bits per heavy atom. The standard InChI is InChI=1S/C21H20F3N3O3/c22-21(23,24)16-6-8-17(9-7-16)25-19(28)29-27-12-10-20(11-13-27)14-18(26-30-20)15-4-2-1-3-5-15/h1-9,14,26H,10-13H2,(H,25,28). The smallest absolute Gasteiger partial charge is 0.351 e. The van der Waals surface area contributed by atoms with Crippen molar-refractivity contribution in [2.24, 2.45) is 0 Å². The molecule has 0 bridgehead atoms. The number of halogens is 3. The Bertz CT molecular complexity index is 922. The molecule has 6 nitrogen and oxygen atoms in total. The Hall–Kier alpha value is -3.04. The summed E-state index contributed by atoms with van der Waals surface area (Å²) in [4.78, 5) is 23.1. The molecule has 2 aromatic rings. The Kier molecular flexibility index (Phi) is 5.40. The van der Waals surface area contributed by atoms with E-state index in [0.717, 1.165) is 23.4 Å². The lowest BCUT2D eigenvalue weighted by atomic mass is 9.91. The molecule has 2 N–H and O–H groups in total. The monoisotopic (exact) mass is 419 g/mol. The van der Waals surface area contributed by atoms with Crippen molar-refractivity contribution in [3.8, 4) is 0 Å². The average Bonchev–Trinajstić information content (AvgIpc) is 3.14. The first-order valence-corrected chi connectivity index (χ1v) is 9.46. The fourth-order valence-corrected chi connectivity index (χ4v) is 3.44. The number of rotatable bonds is 3. The molecule has 4 rings (SSSR count). The lowest BCUT2D eigenvalue weighted by molar-refractivity contribution is -0.153. The summed E-state index contributed by atoms with van der Waals surface area (Å²) in [6.07, 6.45) is -1.89. The van der Waals surface area contributed by atoms with Crippen molar-refractivity contribution < 1.29 is 27.6 Å². The average molecular weight is 419 g/mol. The predicted molar refractivity (Wildman–Crippen MR) is 104 cm³/mol. The molecule has 0 unspecified atom stereocenters. The minimum Gasteiger partial charge on any atom is -0.351 e. The first-order chi connectivity index (χ1) is 14.3. The van der Waals surface area contributed by atoms with Crippen LogP contribution in [0.1, 0.15) is 24.0 Å². The third-order valence-electron chi connectivity index (χ3n) is 5.10. The molecule has 0 radical (unpaired) electrons. The van der Waals surface area contributed by atoms with E-state index in [4.69, 9.17) is 9.68 Å². The molecular weight excluding hydrogens is 399 g/mol. The summed E-state index contributed by atoms with van der Waals surface area (Å²) < 4.78 is 37.8. The fraction of sp³-hybridized carbons (Fsp3) is 0.286. The quantitative estimate of drug-likeness (QED) is 0.763. The van der Waals surface area contributed by atoms with Crippen LogP contribution in [0, 0.1) is 0 Å². The first kappa shape index (κ1) is 20.2. The summed E-state index contributed by atoms with van der Waals surface area (Å²) in [5, 5.41) is 3.95.